The Kier molecular flexibility index (Phi) is 5.66. The van der Waals surface area contributed by atoms with E-state index in [1.165, 1.54) is 18.3 Å². The molecule has 1 aromatic carbocycles. The van der Waals surface area contributed by atoms with Crippen molar-refractivity contribution in [1.29, 1.82) is 5.26 Å². The van der Waals surface area contributed by atoms with Gasteiger partial charge in [0.25, 0.3) is 11.6 Å². The average Bonchev–Trinajstić information content (AvgIpc) is 2.57. The molecule has 1 heterocycles. The van der Waals surface area contributed by atoms with Crippen molar-refractivity contribution < 1.29 is 9.72 Å². The van der Waals surface area contributed by atoms with E-state index in [1.54, 1.807) is 24.4 Å². The number of halogens is 1. The lowest BCUT2D eigenvalue weighted by atomic mass is 10.2. The van der Waals surface area contributed by atoms with E-state index >= 15 is 0 Å². The number of nitro benzene ring substituents is 1. The van der Waals surface area contributed by atoms with Gasteiger partial charge in [-0.1, -0.05) is 11.6 Å². The highest BCUT2D eigenvalue weighted by Crippen LogP contribution is 2.27. The molecule has 0 aliphatic heterocycles. The van der Waals surface area contributed by atoms with Crippen LogP contribution in [0.3, 0.4) is 0 Å². The molecule has 1 amide bonds. The van der Waals surface area contributed by atoms with Gasteiger partial charge in [-0.15, -0.1) is 0 Å². The second-order valence-corrected chi connectivity index (χ2v) is 5.32. The number of pyridine rings is 1. The van der Waals surface area contributed by atoms with E-state index < -0.39 is 10.8 Å². The van der Waals surface area contributed by atoms with Crippen LogP contribution in [0.1, 0.15) is 5.56 Å². The van der Waals surface area contributed by atoms with Crippen LogP contribution in [0.5, 0.6) is 0 Å². The van der Waals surface area contributed by atoms with Gasteiger partial charge < -0.3 is 10.6 Å². The van der Waals surface area contributed by atoms with E-state index in [-0.39, 0.29) is 22.0 Å². The summed E-state index contributed by atoms with van der Waals surface area (Å²) in [6, 6.07) is 8.91. The number of nitrogens with one attached hydrogen (secondary N) is 2. The zero-order valence-corrected chi connectivity index (χ0v) is 13.7. The van der Waals surface area contributed by atoms with Crippen molar-refractivity contribution in [3.05, 3.63) is 69.0 Å². The number of carbonyl (C=O) groups is 1. The summed E-state index contributed by atoms with van der Waals surface area (Å²) < 4.78 is 0. The molecule has 0 saturated heterocycles. The molecule has 0 spiro atoms. The molecule has 0 fully saturated rings. The van der Waals surface area contributed by atoms with Gasteiger partial charge in [-0.2, -0.15) is 5.26 Å². The highest BCUT2D eigenvalue weighted by molar-refractivity contribution is 6.34. The number of non-ortho nitro benzene ring substituents is 1. The number of nitrogens with zero attached hydrogens (tertiary/aromatic N) is 3. The van der Waals surface area contributed by atoms with Gasteiger partial charge in [0.2, 0.25) is 0 Å². The summed E-state index contributed by atoms with van der Waals surface area (Å²) in [5.74, 6) is -0.293. The van der Waals surface area contributed by atoms with Crippen molar-refractivity contribution in [3.8, 4) is 6.07 Å². The summed E-state index contributed by atoms with van der Waals surface area (Å²) >= 11 is 5.92. The Hall–Kier alpha value is -3.44. The fourth-order valence-electron chi connectivity index (χ4n) is 1.82. The Labute approximate surface area is 147 Å². The molecule has 0 aliphatic carbocycles. The van der Waals surface area contributed by atoms with Gasteiger partial charge in [-0.25, -0.2) is 4.98 Å². The summed E-state index contributed by atoms with van der Waals surface area (Å²) in [6.45, 7) is 1.87. The van der Waals surface area contributed by atoms with Crippen LogP contribution >= 0.6 is 11.6 Å². The fraction of sp³-hybridized carbons (Fsp3) is 0.0625. The Balaban J connectivity index is 2.18. The van der Waals surface area contributed by atoms with Crippen LogP contribution in [0.25, 0.3) is 0 Å². The van der Waals surface area contributed by atoms with Gasteiger partial charge in [0.1, 0.15) is 17.5 Å². The topological polar surface area (TPSA) is 121 Å². The van der Waals surface area contributed by atoms with Crippen LogP contribution in [-0.4, -0.2) is 15.8 Å². The van der Waals surface area contributed by atoms with Crippen LogP contribution in [0.2, 0.25) is 5.02 Å². The van der Waals surface area contributed by atoms with Crippen molar-refractivity contribution in [1.82, 2.24) is 4.98 Å². The number of amides is 1. The molecule has 8 nitrogen and oxygen atoms in total. The van der Waals surface area contributed by atoms with Gasteiger partial charge in [0.05, 0.1) is 15.6 Å². The number of aromatic nitrogens is 1. The molecule has 0 atom stereocenters. The molecule has 0 bridgehead atoms. The maximum absolute atomic E-state index is 12.2. The van der Waals surface area contributed by atoms with Crippen LogP contribution in [0.4, 0.5) is 17.2 Å². The first kappa shape index (κ1) is 17.9. The molecule has 2 N–H and O–H groups in total. The molecule has 0 radical (unpaired) electrons. The van der Waals surface area contributed by atoms with E-state index in [2.05, 4.69) is 15.6 Å². The minimum Gasteiger partial charge on any atom is -0.345 e. The summed E-state index contributed by atoms with van der Waals surface area (Å²) in [5, 5.41) is 25.2. The molecular weight excluding hydrogens is 346 g/mol. The summed E-state index contributed by atoms with van der Waals surface area (Å²) in [6.07, 6.45) is 2.78. The molecule has 0 saturated carbocycles. The lowest BCUT2D eigenvalue weighted by Gasteiger charge is -2.07. The molecule has 0 unspecified atom stereocenters. The van der Waals surface area contributed by atoms with Crippen LogP contribution in [0.15, 0.2) is 48.3 Å². The molecular formula is C16H12ClN5O3. The number of anilines is 2. The third-order valence-electron chi connectivity index (χ3n) is 3.05. The highest BCUT2D eigenvalue weighted by Gasteiger charge is 2.15. The Morgan fingerprint density at radius 1 is 1.40 bits per heavy atom. The molecule has 2 rings (SSSR count). The largest absolute Gasteiger partial charge is 0.345 e. The first-order valence-corrected chi connectivity index (χ1v) is 7.33. The van der Waals surface area contributed by atoms with Crippen molar-refractivity contribution in [3.63, 3.8) is 0 Å². The highest BCUT2D eigenvalue weighted by atomic mass is 35.5. The summed E-state index contributed by atoms with van der Waals surface area (Å²) in [7, 11) is 0. The Bertz CT molecular complexity index is 905. The number of nitriles is 1. The standard InChI is InChI=1S/C16H12ClN5O3/c1-10-4-5-19-15(6-10)20-9-11(8-18)16(23)21-14-7-12(22(24)25)2-3-13(14)17/h2-7,9H,1H3,(H,19,20)(H,21,23)/b11-9-. The van der Waals surface area contributed by atoms with Crippen molar-refractivity contribution >= 4 is 34.7 Å². The first-order valence-electron chi connectivity index (χ1n) is 6.95. The number of hydrogen-bond donors (Lipinski definition) is 2. The van der Waals surface area contributed by atoms with Crippen molar-refractivity contribution in [2.45, 2.75) is 6.92 Å². The second kappa shape index (κ2) is 7.90. The summed E-state index contributed by atoms with van der Waals surface area (Å²) in [4.78, 5) is 26.4. The Morgan fingerprint density at radius 3 is 2.80 bits per heavy atom. The van der Waals surface area contributed by atoms with Crippen molar-refractivity contribution in [2.24, 2.45) is 0 Å². The second-order valence-electron chi connectivity index (χ2n) is 4.91. The number of carbonyl (C=O) groups excluding carboxylic acids is 1. The molecule has 9 heteroatoms. The smallest absolute Gasteiger partial charge is 0.271 e. The van der Waals surface area contributed by atoms with E-state index in [0.717, 1.165) is 11.6 Å². The number of rotatable bonds is 5. The maximum Gasteiger partial charge on any atom is 0.271 e. The number of benzene rings is 1. The van der Waals surface area contributed by atoms with E-state index in [9.17, 15) is 14.9 Å². The van der Waals surface area contributed by atoms with Crippen LogP contribution in [0, 0.1) is 28.4 Å². The fourth-order valence-corrected chi connectivity index (χ4v) is 1.99. The first-order chi connectivity index (χ1) is 11.9. The van der Waals surface area contributed by atoms with Crippen molar-refractivity contribution in [2.75, 3.05) is 10.6 Å². The predicted molar refractivity (Wildman–Crippen MR) is 93.0 cm³/mol. The molecule has 1 aromatic heterocycles. The minimum absolute atomic E-state index is 0.0377. The van der Waals surface area contributed by atoms with Gasteiger partial charge in [-0.05, 0) is 30.7 Å². The summed E-state index contributed by atoms with van der Waals surface area (Å²) in [5.41, 5.74) is 0.517. The SMILES string of the molecule is Cc1ccnc(N/C=C(/C#N)C(=O)Nc2cc([N+](=O)[O-])ccc2Cl)c1. The number of aryl methyl sites for hydroxylation is 1. The maximum atomic E-state index is 12.2. The van der Waals surface area contributed by atoms with E-state index in [4.69, 9.17) is 16.9 Å². The third kappa shape index (κ3) is 4.76. The number of hydrogen-bond acceptors (Lipinski definition) is 6. The Morgan fingerprint density at radius 2 is 2.16 bits per heavy atom. The molecule has 25 heavy (non-hydrogen) atoms. The monoisotopic (exact) mass is 357 g/mol. The van der Waals surface area contributed by atoms with E-state index in [0.29, 0.717) is 5.82 Å². The molecule has 2 aromatic rings. The van der Waals surface area contributed by atoms with Gasteiger partial charge in [0, 0.05) is 24.5 Å². The lowest BCUT2D eigenvalue weighted by molar-refractivity contribution is -0.384. The van der Waals surface area contributed by atoms with Gasteiger partial charge in [-0.3, -0.25) is 14.9 Å². The molecule has 0 aliphatic rings. The number of nitro groups is 1. The average molecular weight is 358 g/mol. The predicted octanol–water partition coefficient (Wildman–Crippen LogP) is 3.41. The van der Waals surface area contributed by atoms with E-state index in [1.807, 2.05) is 6.92 Å². The zero-order valence-electron chi connectivity index (χ0n) is 13.0. The van der Waals surface area contributed by atoms with Gasteiger partial charge >= 0.3 is 0 Å². The minimum atomic E-state index is -0.759. The van der Waals surface area contributed by atoms with Crippen LogP contribution in [-0.2, 0) is 4.79 Å². The lowest BCUT2D eigenvalue weighted by Crippen LogP contribution is -2.15. The molecule has 126 valence electrons. The van der Waals surface area contributed by atoms with Crippen LogP contribution < -0.4 is 10.6 Å². The van der Waals surface area contributed by atoms with Gasteiger partial charge in [0.15, 0.2) is 0 Å². The quantitative estimate of drug-likeness (QED) is 0.366. The zero-order chi connectivity index (χ0) is 18.4. The normalized spacial score (nSPS) is 10.7. The third-order valence-corrected chi connectivity index (χ3v) is 3.38.